The van der Waals surface area contributed by atoms with Crippen molar-refractivity contribution >= 4 is 41.2 Å². The molecule has 1 atom stereocenters. The van der Waals surface area contributed by atoms with E-state index in [0.717, 1.165) is 5.56 Å². The van der Waals surface area contributed by atoms with Gasteiger partial charge in [-0.2, -0.15) is 0 Å². The van der Waals surface area contributed by atoms with Crippen LogP contribution in [0, 0.1) is 0 Å². The lowest BCUT2D eigenvalue weighted by atomic mass is 10.2. The number of benzene rings is 1. The monoisotopic (exact) mass is 331 g/mol. The number of rotatable bonds is 7. The first-order chi connectivity index (χ1) is 9.92. The summed E-state index contributed by atoms with van der Waals surface area (Å²) < 4.78 is 4.95. The number of carboxylic acids is 1. The van der Waals surface area contributed by atoms with Gasteiger partial charge >= 0.3 is 5.97 Å². The molecular formula is C14H15Cl2NO4. The average Bonchev–Trinajstić information content (AvgIpc) is 2.44. The fourth-order valence-corrected chi connectivity index (χ4v) is 1.80. The largest absolute Gasteiger partial charge is 0.481 e. The van der Waals surface area contributed by atoms with Crippen LogP contribution in [-0.2, 0) is 14.3 Å². The van der Waals surface area contributed by atoms with E-state index in [1.165, 1.54) is 13.2 Å². The minimum atomic E-state index is -0.984. The molecule has 7 heteroatoms. The number of hydrogen-bond acceptors (Lipinski definition) is 3. The second kappa shape index (κ2) is 8.67. The summed E-state index contributed by atoms with van der Waals surface area (Å²) in [5.74, 6) is -1.34. The van der Waals surface area contributed by atoms with Crippen LogP contribution in [0.4, 0.5) is 0 Å². The van der Waals surface area contributed by atoms with E-state index in [9.17, 15) is 9.59 Å². The van der Waals surface area contributed by atoms with Crippen LogP contribution in [0.2, 0.25) is 10.0 Å². The second-order valence-electron chi connectivity index (χ2n) is 4.21. The molecule has 1 rings (SSSR count). The van der Waals surface area contributed by atoms with Crippen LogP contribution in [0.15, 0.2) is 24.3 Å². The predicted molar refractivity (Wildman–Crippen MR) is 81.6 cm³/mol. The molecule has 1 aromatic rings. The summed E-state index contributed by atoms with van der Waals surface area (Å²) in [5.41, 5.74) is 0.730. The van der Waals surface area contributed by atoms with E-state index in [0.29, 0.717) is 10.0 Å². The van der Waals surface area contributed by atoms with Crippen LogP contribution in [0.1, 0.15) is 12.0 Å². The number of carbonyl (C=O) groups excluding carboxylic acids is 1. The first kappa shape index (κ1) is 17.5. The van der Waals surface area contributed by atoms with Crippen LogP contribution in [-0.4, -0.2) is 36.7 Å². The van der Waals surface area contributed by atoms with Crippen LogP contribution in [0.5, 0.6) is 0 Å². The van der Waals surface area contributed by atoms with Crippen LogP contribution >= 0.6 is 23.2 Å². The van der Waals surface area contributed by atoms with Crippen molar-refractivity contribution in [3.8, 4) is 0 Å². The van der Waals surface area contributed by atoms with Crippen molar-refractivity contribution in [1.29, 1.82) is 0 Å². The molecule has 0 aliphatic carbocycles. The Labute approximate surface area is 132 Å². The van der Waals surface area contributed by atoms with Gasteiger partial charge in [-0.05, 0) is 23.8 Å². The number of methoxy groups -OCH3 is 1. The number of halogens is 2. The molecule has 0 heterocycles. The lowest BCUT2D eigenvalue weighted by Gasteiger charge is -2.12. The zero-order valence-corrected chi connectivity index (χ0v) is 12.8. The van der Waals surface area contributed by atoms with Gasteiger partial charge in [0.1, 0.15) is 0 Å². The van der Waals surface area contributed by atoms with E-state index in [1.807, 2.05) is 0 Å². The number of nitrogens with one attached hydrogen (secondary N) is 1. The first-order valence-corrected chi connectivity index (χ1v) is 6.83. The van der Waals surface area contributed by atoms with Crippen LogP contribution in [0.25, 0.3) is 6.08 Å². The normalized spacial score (nSPS) is 12.3. The SMILES string of the molecule is COC(CNC(=O)/C=C/c1ccc(Cl)c(Cl)c1)CC(=O)O. The maximum absolute atomic E-state index is 11.6. The van der Waals surface area contributed by atoms with Crippen LogP contribution < -0.4 is 5.32 Å². The third-order valence-corrected chi connectivity index (χ3v) is 3.35. The van der Waals surface area contributed by atoms with Crippen molar-refractivity contribution in [3.63, 3.8) is 0 Å². The molecule has 0 spiro atoms. The molecule has 0 saturated heterocycles. The van der Waals surface area contributed by atoms with Gasteiger partial charge in [-0.25, -0.2) is 0 Å². The van der Waals surface area contributed by atoms with E-state index in [1.54, 1.807) is 24.3 Å². The first-order valence-electron chi connectivity index (χ1n) is 6.08. The Bertz CT molecular complexity index is 546. The van der Waals surface area contributed by atoms with Gasteiger partial charge in [0.05, 0.1) is 22.6 Å². The summed E-state index contributed by atoms with van der Waals surface area (Å²) in [5, 5.41) is 12.1. The van der Waals surface area contributed by atoms with Gasteiger partial charge in [0.25, 0.3) is 0 Å². The summed E-state index contributed by atoms with van der Waals surface area (Å²) in [6, 6.07) is 4.99. The molecular weight excluding hydrogens is 317 g/mol. The van der Waals surface area contributed by atoms with Gasteiger partial charge in [0, 0.05) is 19.7 Å². The number of ether oxygens (including phenoxy) is 1. The Morgan fingerprint density at radius 1 is 1.38 bits per heavy atom. The van der Waals surface area contributed by atoms with Gasteiger partial charge in [-0.15, -0.1) is 0 Å². The molecule has 2 N–H and O–H groups in total. The molecule has 0 fully saturated rings. The zero-order chi connectivity index (χ0) is 15.8. The van der Waals surface area contributed by atoms with E-state index in [-0.39, 0.29) is 18.9 Å². The molecule has 0 saturated carbocycles. The Kier molecular flexibility index (Phi) is 7.22. The van der Waals surface area contributed by atoms with E-state index >= 15 is 0 Å². The summed E-state index contributed by atoms with van der Waals surface area (Å²) in [6.45, 7) is 0.118. The zero-order valence-electron chi connectivity index (χ0n) is 11.3. The predicted octanol–water partition coefficient (Wildman–Crippen LogP) is 2.61. The highest BCUT2D eigenvalue weighted by atomic mass is 35.5. The lowest BCUT2D eigenvalue weighted by Crippen LogP contribution is -2.33. The van der Waals surface area contributed by atoms with E-state index < -0.39 is 12.1 Å². The number of aliphatic carboxylic acids is 1. The van der Waals surface area contributed by atoms with Crippen molar-refractivity contribution in [2.45, 2.75) is 12.5 Å². The van der Waals surface area contributed by atoms with Crippen molar-refractivity contribution in [1.82, 2.24) is 5.32 Å². The molecule has 1 aromatic carbocycles. The van der Waals surface area contributed by atoms with Gasteiger partial charge in [-0.1, -0.05) is 29.3 Å². The topological polar surface area (TPSA) is 75.6 Å². The van der Waals surface area contributed by atoms with Crippen molar-refractivity contribution < 1.29 is 19.4 Å². The number of amides is 1. The standard InChI is InChI=1S/C14H15Cl2NO4/c1-21-10(7-14(19)20)8-17-13(18)5-3-9-2-4-11(15)12(16)6-9/h2-6,10H,7-8H2,1H3,(H,17,18)(H,19,20)/b5-3+. The maximum atomic E-state index is 11.6. The van der Waals surface area contributed by atoms with E-state index in [4.69, 9.17) is 33.0 Å². The molecule has 1 unspecified atom stereocenters. The Hall–Kier alpha value is -1.56. The molecule has 21 heavy (non-hydrogen) atoms. The molecule has 0 bridgehead atoms. The van der Waals surface area contributed by atoms with Crippen molar-refractivity contribution in [2.24, 2.45) is 0 Å². The number of hydrogen-bond donors (Lipinski definition) is 2. The Morgan fingerprint density at radius 3 is 2.67 bits per heavy atom. The average molecular weight is 332 g/mol. The molecule has 0 aromatic heterocycles. The second-order valence-corrected chi connectivity index (χ2v) is 5.02. The summed E-state index contributed by atoms with van der Waals surface area (Å²) >= 11 is 11.6. The Morgan fingerprint density at radius 2 is 2.10 bits per heavy atom. The van der Waals surface area contributed by atoms with Gasteiger partial charge in [0.2, 0.25) is 5.91 Å². The highest BCUT2D eigenvalue weighted by molar-refractivity contribution is 6.42. The van der Waals surface area contributed by atoms with Gasteiger partial charge in [-0.3, -0.25) is 9.59 Å². The minimum Gasteiger partial charge on any atom is -0.481 e. The molecule has 1 amide bonds. The number of carboxylic acid groups (broad SMARTS) is 1. The fraction of sp³-hybridized carbons (Fsp3) is 0.286. The Balaban J connectivity index is 2.50. The molecule has 114 valence electrons. The smallest absolute Gasteiger partial charge is 0.306 e. The summed E-state index contributed by atoms with van der Waals surface area (Å²) in [7, 11) is 1.39. The quantitative estimate of drug-likeness (QED) is 0.753. The third-order valence-electron chi connectivity index (χ3n) is 2.61. The highest BCUT2D eigenvalue weighted by Gasteiger charge is 2.12. The van der Waals surface area contributed by atoms with Gasteiger partial charge < -0.3 is 15.2 Å². The lowest BCUT2D eigenvalue weighted by molar-refractivity contribution is -0.140. The van der Waals surface area contributed by atoms with Crippen molar-refractivity contribution in [3.05, 3.63) is 39.9 Å². The minimum absolute atomic E-state index is 0.118. The fourth-order valence-electron chi connectivity index (χ4n) is 1.49. The highest BCUT2D eigenvalue weighted by Crippen LogP contribution is 2.22. The molecule has 0 aliphatic rings. The summed E-state index contributed by atoms with van der Waals surface area (Å²) in [6.07, 6.45) is 2.17. The van der Waals surface area contributed by atoms with Crippen molar-refractivity contribution in [2.75, 3.05) is 13.7 Å². The third kappa shape index (κ3) is 6.62. The van der Waals surface area contributed by atoms with E-state index in [2.05, 4.69) is 5.32 Å². The molecule has 5 nitrogen and oxygen atoms in total. The number of carbonyl (C=O) groups is 2. The molecule has 0 aliphatic heterocycles. The van der Waals surface area contributed by atoms with Gasteiger partial charge in [0.15, 0.2) is 0 Å². The molecule has 0 radical (unpaired) electrons. The maximum Gasteiger partial charge on any atom is 0.306 e. The van der Waals surface area contributed by atoms with Crippen LogP contribution in [0.3, 0.4) is 0 Å². The summed E-state index contributed by atoms with van der Waals surface area (Å²) in [4.78, 5) is 22.2.